The van der Waals surface area contributed by atoms with Crippen molar-refractivity contribution in [3.63, 3.8) is 0 Å². The molecule has 0 aromatic carbocycles. The van der Waals surface area contributed by atoms with Gasteiger partial charge in [-0.3, -0.25) is 4.79 Å². The zero-order valence-corrected chi connectivity index (χ0v) is 11.7. The van der Waals surface area contributed by atoms with Gasteiger partial charge in [-0.25, -0.2) is 0 Å². The van der Waals surface area contributed by atoms with Crippen molar-refractivity contribution in [2.24, 2.45) is 11.8 Å². The van der Waals surface area contributed by atoms with Gasteiger partial charge in [-0.05, 0) is 38.5 Å². The van der Waals surface area contributed by atoms with E-state index in [4.69, 9.17) is 9.47 Å². The van der Waals surface area contributed by atoms with Crippen LogP contribution in [-0.4, -0.2) is 24.8 Å². The molecule has 2 unspecified atom stereocenters. The van der Waals surface area contributed by atoms with E-state index in [1.54, 1.807) is 6.92 Å². The third kappa shape index (κ3) is 3.27. The average Bonchev–Trinajstić information content (AvgIpc) is 2.41. The van der Waals surface area contributed by atoms with Crippen LogP contribution in [-0.2, 0) is 14.3 Å². The van der Waals surface area contributed by atoms with Gasteiger partial charge in [0.05, 0.1) is 18.3 Å². The molecule has 1 heterocycles. The van der Waals surface area contributed by atoms with E-state index in [1.807, 2.05) is 0 Å². The molecule has 2 rings (SSSR count). The van der Waals surface area contributed by atoms with Gasteiger partial charge in [0.25, 0.3) is 0 Å². The maximum atomic E-state index is 11.9. The van der Waals surface area contributed by atoms with Crippen LogP contribution in [0.25, 0.3) is 0 Å². The summed E-state index contributed by atoms with van der Waals surface area (Å²) in [6.07, 6.45) is 7.44. The van der Waals surface area contributed by atoms with E-state index in [-0.39, 0.29) is 17.5 Å². The molecule has 2 fully saturated rings. The van der Waals surface area contributed by atoms with Crippen LogP contribution in [0.5, 0.6) is 0 Å². The summed E-state index contributed by atoms with van der Waals surface area (Å²) < 4.78 is 11.0. The number of hydrogen-bond acceptors (Lipinski definition) is 4. The van der Waals surface area contributed by atoms with Gasteiger partial charge in [0.2, 0.25) is 0 Å². The Morgan fingerprint density at radius 2 is 2.21 bits per heavy atom. The minimum absolute atomic E-state index is 0.0667. The summed E-state index contributed by atoms with van der Waals surface area (Å²) >= 11 is 0. The number of carbonyl (C=O) groups excluding carboxylic acids is 1. The summed E-state index contributed by atoms with van der Waals surface area (Å²) in [5.41, 5.74) is -0.0667. The van der Waals surface area contributed by atoms with Crippen LogP contribution >= 0.6 is 0 Å². The standard InChI is InChI=1S/C15H23NO3/c1-2-18-14(17)13(11-16)12-6-9-19-15(10-12)7-4-3-5-8-15/h12-13H,2-10H2,1H3. The number of rotatable bonds is 3. The Labute approximate surface area is 115 Å². The molecule has 4 nitrogen and oxygen atoms in total. The average molecular weight is 265 g/mol. The quantitative estimate of drug-likeness (QED) is 0.736. The predicted molar refractivity (Wildman–Crippen MR) is 70.2 cm³/mol. The molecule has 0 aromatic rings. The van der Waals surface area contributed by atoms with Crippen molar-refractivity contribution in [1.29, 1.82) is 5.26 Å². The Morgan fingerprint density at radius 3 is 2.84 bits per heavy atom. The second-order valence-corrected chi connectivity index (χ2v) is 5.70. The van der Waals surface area contributed by atoms with Crippen molar-refractivity contribution in [3.05, 3.63) is 0 Å². The van der Waals surface area contributed by atoms with Gasteiger partial charge in [0.1, 0.15) is 5.92 Å². The largest absolute Gasteiger partial charge is 0.465 e. The molecule has 0 amide bonds. The Kier molecular flexibility index (Phi) is 4.81. The highest BCUT2D eigenvalue weighted by Gasteiger charge is 2.43. The monoisotopic (exact) mass is 265 g/mol. The Bertz CT molecular complexity index is 349. The molecule has 19 heavy (non-hydrogen) atoms. The molecule has 4 heteroatoms. The highest BCUT2D eigenvalue weighted by Crippen LogP contribution is 2.42. The van der Waals surface area contributed by atoms with E-state index in [1.165, 1.54) is 19.3 Å². The lowest BCUT2D eigenvalue weighted by atomic mass is 9.72. The summed E-state index contributed by atoms with van der Waals surface area (Å²) in [6, 6.07) is 2.15. The fourth-order valence-corrected chi connectivity index (χ4v) is 3.48. The van der Waals surface area contributed by atoms with Crippen LogP contribution in [0.2, 0.25) is 0 Å². The predicted octanol–water partition coefficient (Wildman–Crippen LogP) is 2.82. The fraction of sp³-hybridized carbons (Fsp3) is 0.867. The lowest BCUT2D eigenvalue weighted by Gasteiger charge is -2.44. The van der Waals surface area contributed by atoms with Crippen molar-refractivity contribution in [2.75, 3.05) is 13.2 Å². The van der Waals surface area contributed by atoms with Crippen molar-refractivity contribution in [3.8, 4) is 6.07 Å². The van der Waals surface area contributed by atoms with Gasteiger partial charge in [0.15, 0.2) is 0 Å². The Balaban J connectivity index is 2.03. The molecule has 1 saturated heterocycles. The summed E-state index contributed by atoms with van der Waals surface area (Å²) in [6.45, 7) is 2.78. The van der Waals surface area contributed by atoms with Gasteiger partial charge < -0.3 is 9.47 Å². The first-order chi connectivity index (χ1) is 9.21. The summed E-state index contributed by atoms with van der Waals surface area (Å²) in [4.78, 5) is 11.9. The molecule has 0 N–H and O–H groups in total. The molecule has 1 aliphatic carbocycles. The maximum absolute atomic E-state index is 11.9. The molecular weight excluding hydrogens is 242 g/mol. The van der Waals surface area contributed by atoms with Crippen LogP contribution in [0.1, 0.15) is 51.9 Å². The van der Waals surface area contributed by atoms with Crippen molar-refractivity contribution >= 4 is 5.97 Å². The van der Waals surface area contributed by atoms with Crippen LogP contribution in [0.3, 0.4) is 0 Å². The second-order valence-electron chi connectivity index (χ2n) is 5.70. The lowest BCUT2D eigenvalue weighted by molar-refractivity contribution is -0.154. The number of esters is 1. The molecule has 1 saturated carbocycles. The summed E-state index contributed by atoms with van der Waals surface area (Å²) in [7, 11) is 0. The summed E-state index contributed by atoms with van der Waals surface area (Å²) in [5.74, 6) is -0.888. The lowest BCUT2D eigenvalue weighted by Crippen LogP contribution is -2.44. The highest BCUT2D eigenvalue weighted by molar-refractivity contribution is 5.75. The van der Waals surface area contributed by atoms with E-state index in [0.29, 0.717) is 13.2 Å². The van der Waals surface area contributed by atoms with E-state index in [9.17, 15) is 10.1 Å². The van der Waals surface area contributed by atoms with Crippen LogP contribution in [0.15, 0.2) is 0 Å². The SMILES string of the molecule is CCOC(=O)C(C#N)C1CCOC2(CCCCC2)C1. The first-order valence-electron chi connectivity index (χ1n) is 7.41. The topological polar surface area (TPSA) is 59.3 Å². The molecular formula is C15H23NO3. The second kappa shape index (κ2) is 6.38. The normalized spacial score (nSPS) is 27.5. The van der Waals surface area contributed by atoms with Gasteiger partial charge >= 0.3 is 5.97 Å². The van der Waals surface area contributed by atoms with Crippen LogP contribution in [0, 0.1) is 23.2 Å². The Hall–Kier alpha value is -1.08. The third-order valence-corrected chi connectivity index (χ3v) is 4.45. The fourth-order valence-electron chi connectivity index (χ4n) is 3.48. The maximum Gasteiger partial charge on any atom is 0.323 e. The number of carbonyl (C=O) groups is 1. The van der Waals surface area contributed by atoms with Gasteiger partial charge in [0, 0.05) is 6.61 Å². The molecule has 0 bridgehead atoms. The number of nitrogens with zero attached hydrogens (tertiary/aromatic N) is 1. The number of hydrogen-bond donors (Lipinski definition) is 0. The molecule has 0 aromatic heterocycles. The van der Waals surface area contributed by atoms with Gasteiger partial charge in [-0.15, -0.1) is 0 Å². The molecule has 106 valence electrons. The molecule has 1 spiro atoms. The number of ether oxygens (including phenoxy) is 2. The van der Waals surface area contributed by atoms with Crippen molar-refractivity contribution in [2.45, 2.75) is 57.5 Å². The minimum Gasteiger partial charge on any atom is -0.465 e. The smallest absolute Gasteiger partial charge is 0.323 e. The zero-order chi connectivity index (χ0) is 13.7. The minimum atomic E-state index is -0.623. The molecule has 2 atom stereocenters. The van der Waals surface area contributed by atoms with E-state index < -0.39 is 5.92 Å². The molecule has 2 aliphatic rings. The number of nitriles is 1. The Morgan fingerprint density at radius 1 is 1.47 bits per heavy atom. The third-order valence-electron chi connectivity index (χ3n) is 4.45. The van der Waals surface area contributed by atoms with Crippen LogP contribution < -0.4 is 0 Å². The van der Waals surface area contributed by atoms with Gasteiger partial charge in [-0.2, -0.15) is 5.26 Å². The van der Waals surface area contributed by atoms with E-state index in [0.717, 1.165) is 25.7 Å². The van der Waals surface area contributed by atoms with E-state index >= 15 is 0 Å². The van der Waals surface area contributed by atoms with Crippen molar-refractivity contribution < 1.29 is 14.3 Å². The zero-order valence-electron chi connectivity index (χ0n) is 11.7. The van der Waals surface area contributed by atoms with E-state index in [2.05, 4.69) is 6.07 Å². The molecule has 1 aliphatic heterocycles. The van der Waals surface area contributed by atoms with Gasteiger partial charge in [-0.1, -0.05) is 19.3 Å². The van der Waals surface area contributed by atoms with Crippen LogP contribution in [0.4, 0.5) is 0 Å². The molecule has 0 radical (unpaired) electrons. The summed E-state index contributed by atoms with van der Waals surface area (Å²) in [5, 5.41) is 9.27. The van der Waals surface area contributed by atoms with Crippen molar-refractivity contribution in [1.82, 2.24) is 0 Å². The first-order valence-corrected chi connectivity index (χ1v) is 7.41. The highest BCUT2D eigenvalue weighted by atomic mass is 16.5. The first kappa shape index (κ1) is 14.3.